The average molecular weight is 207 g/mol. The predicted octanol–water partition coefficient (Wildman–Crippen LogP) is 1.86. The van der Waals surface area contributed by atoms with Crippen molar-refractivity contribution in [2.75, 3.05) is 6.54 Å². The van der Waals surface area contributed by atoms with E-state index >= 15 is 0 Å². The molecule has 0 aromatic heterocycles. The Morgan fingerprint density at radius 2 is 2.13 bits per heavy atom. The van der Waals surface area contributed by atoms with E-state index in [0.29, 0.717) is 18.5 Å². The van der Waals surface area contributed by atoms with Gasteiger partial charge in [-0.1, -0.05) is 12.1 Å². The minimum atomic E-state index is -0.201. The van der Waals surface area contributed by atoms with Crippen molar-refractivity contribution in [3.8, 4) is 0 Å². The van der Waals surface area contributed by atoms with Crippen LogP contribution in [0.2, 0.25) is 0 Å². The Kier molecular flexibility index (Phi) is 2.82. The zero-order valence-corrected chi connectivity index (χ0v) is 8.66. The van der Waals surface area contributed by atoms with E-state index in [1.54, 1.807) is 6.92 Å². The van der Waals surface area contributed by atoms with Crippen LogP contribution in [0.1, 0.15) is 24.8 Å². The summed E-state index contributed by atoms with van der Waals surface area (Å²) in [7, 11) is 0. The lowest BCUT2D eigenvalue weighted by molar-refractivity contribution is -0.116. The highest BCUT2D eigenvalue weighted by Gasteiger charge is 2.37. The molecule has 0 aliphatic heterocycles. The first-order valence-electron chi connectivity index (χ1n) is 5.15. The van der Waals surface area contributed by atoms with Gasteiger partial charge in [0.1, 0.15) is 11.6 Å². The molecule has 0 bridgehead atoms. The third-order valence-electron chi connectivity index (χ3n) is 2.70. The van der Waals surface area contributed by atoms with Crippen LogP contribution in [0.4, 0.5) is 4.39 Å². The van der Waals surface area contributed by atoms with Gasteiger partial charge in [0.05, 0.1) is 6.54 Å². The number of ketones is 1. The maximum absolute atomic E-state index is 12.7. The second-order valence-corrected chi connectivity index (χ2v) is 4.08. The fourth-order valence-electron chi connectivity index (χ4n) is 1.77. The van der Waals surface area contributed by atoms with Gasteiger partial charge in [0, 0.05) is 12.0 Å². The molecule has 0 heterocycles. The molecule has 1 fully saturated rings. The van der Waals surface area contributed by atoms with Crippen LogP contribution in [0, 0.1) is 5.82 Å². The molecule has 1 aromatic carbocycles. The Bertz CT molecular complexity index is 360. The van der Waals surface area contributed by atoms with Gasteiger partial charge in [-0.2, -0.15) is 0 Å². The summed E-state index contributed by atoms with van der Waals surface area (Å²) in [6.07, 6.45) is 1.04. The molecule has 3 heteroatoms. The molecule has 15 heavy (non-hydrogen) atoms. The van der Waals surface area contributed by atoms with Gasteiger partial charge in [0.25, 0.3) is 0 Å². The first-order chi connectivity index (χ1) is 7.16. The lowest BCUT2D eigenvalue weighted by Gasteiger charge is -2.01. The van der Waals surface area contributed by atoms with E-state index < -0.39 is 0 Å². The summed E-state index contributed by atoms with van der Waals surface area (Å²) in [5.41, 5.74) is 1.15. The summed E-state index contributed by atoms with van der Waals surface area (Å²) in [4.78, 5) is 10.8. The van der Waals surface area contributed by atoms with E-state index in [2.05, 4.69) is 5.32 Å². The minimum absolute atomic E-state index is 0.153. The smallest absolute Gasteiger partial charge is 0.143 e. The summed E-state index contributed by atoms with van der Waals surface area (Å²) in [6, 6.07) is 6.98. The molecule has 0 amide bonds. The molecule has 1 saturated carbocycles. The quantitative estimate of drug-likeness (QED) is 0.816. The summed E-state index contributed by atoms with van der Waals surface area (Å²) in [5, 5.41) is 3.18. The van der Waals surface area contributed by atoms with Gasteiger partial charge in [0.15, 0.2) is 0 Å². The molecule has 0 spiro atoms. The molecule has 0 saturated heterocycles. The van der Waals surface area contributed by atoms with Crippen molar-refractivity contribution >= 4 is 5.78 Å². The number of benzene rings is 1. The molecular formula is C12H14FNO. The standard InChI is InChI=1S/C12H14FNO/c1-8(15)7-14-12-6-11(12)9-2-4-10(13)5-3-9/h2-5,11-12,14H,6-7H2,1H3/t11-,12+/m0/s1. The van der Waals surface area contributed by atoms with Crippen molar-refractivity contribution < 1.29 is 9.18 Å². The van der Waals surface area contributed by atoms with Gasteiger partial charge in [-0.25, -0.2) is 4.39 Å². The van der Waals surface area contributed by atoms with Crippen LogP contribution in [0.15, 0.2) is 24.3 Å². The molecule has 2 rings (SSSR count). The summed E-state index contributed by atoms with van der Waals surface area (Å²) in [5.74, 6) is 0.400. The molecular weight excluding hydrogens is 193 g/mol. The largest absolute Gasteiger partial charge is 0.307 e. The Balaban J connectivity index is 1.88. The lowest BCUT2D eigenvalue weighted by Crippen LogP contribution is -2.24. The van der Waals surface area contributed by atoms with Gasteiger partial charge in [-0.05, 0) is 31.0 Å². The second-order valence-electron chi connectivity index (χ2n) is 4.08. The van der Waals surface area contributed by atoms with E-state index in [9.17, 15) is 9.18 Å². The first-order valence-corrected chi connectivity index (χ1v) is 5.15. The van der Waals surface area contributed by atoms with Crippen molar-refractivity contribution in [3.63, 3.8) is 0 Å². The van der Waals surface area contributed by atoms with Crippen molar-refractivity contribution in [2.45, 2.75) is 25.3 Å². The van der Waals surface area contributed by atoms with Crippen molar-refractivity contribution in [1.29, 1.82) is 0 Å². The van der Waals surface area contributed by atoms with Gasteiger partial charge >= 0.3 is 0 Å². The van der Waals surface area contributed by atoms with Crippen LogP contribution in [0.3, 0.4) is 0 Å². The predicted molar refractivity (Wildman–Crippen MR) is 56.2 cm³/mol. The normalized spacial score (nSPS) is 23.9. The number of halogens is 1. The number of hydrogen-bond acceptors (Lipinski definition) is 2. The van der Waals surface area contributed by atoms with Crippen LogP contribution in [-0.4, -0.2) is 18.4 Å². The highest BCUT2D eigenvalue weighted by molar-refractivity contribution is 5.77. The molecule has 2 nitrogen and oxygen atoms in total. The van der Waals surface area contributed by atoms with Gasteiger partial charge in [-0.3, -0.25) is 4.79 Å². The maximum atomic E-state index is 12.7. The van der Waals surface area contributed by atoms with Gasteiger partial charge in [-0.15, -0.1) is 0 Å². The molecule has 1 N–H and O–H groups in total. The minimum Gasteiger partial charge on any atom is -0.307 e. The number of nitrogens with one attached hydrogen (secondary N) is 1. The first kappa shape index (κ1) is 10.3. The Hall–Kier alpha value is -1.22. The SMILES string of the molecule is CC(=O)CN[C@@H]1C[C@H]1c1ccc(F)cc1. The highest BCUT2D eigenvalue weighted by atomic mass is 19.1. The number of carbonyl (C=O) groups excluding carboxylic acids is 1. The van der Waals surface area contributed by atoms with Gasteiger partial charge in [0.2, 0.25) is 0 Å². The molecule has 80 valence electrons. The van der Waals surface area contributed by atoms with Crippen molar-refractivity contribution in [3.05, 3.63) is 35.6 Å². The number of Topliss-reactive ketones (excluding diaryl/α,β-unsaturated/α-hetero) is 1. The Morgan fingerprint density at radius 1 is 1.47 bits per heavy atom. The fourth-order valence-corrected chi connectivity index (χ4v) is 1.77. The van der Waals surface area contributed by atoms with E-state index in [1.807, 2.05) is 12.1 Å². The molecule has 1 aliphatic carbocycles. The van der Waals surface area contributed by atoms with Crippen molar-refractivity contribution in [2.24, 2.45) is 0 Å². The van der Waals surface area contributed by atoms with E-state index in [1.165, 1.54) is 12.1 Å². The van der Waals surface area contributed by atoms with E-state index in [0.717, 1.165) is 12.0 Å². The summed E-state index contributed by atoms with van der Waals surface area (Å²) < 4.78 is 12.7. The van der Waals surface area contributed by atoms with Crippen LogP contribution < -0.4 is 5.32 Å². The van der Waals surface area contributed by atoms with Crippen molar-refractivity contribution in [1.82, 2.24) is 5.32 Å². The van der Waals surface area contributed by atoms with Crippen LogP contribution in [0.5, 0.6) is 0 Å². The fraction of sp³-hybridized carbons (Fsp3) is 0.417. The third-order valence-corrected chi connectivity index (χ3v) is 2.70. The number of carbonyl (C=O) groups is 1. The summed E-state index contributed by atoms with van der Waals surface area (Å²) >= 11 is 0. The highest BCUT2D eigenvalue weighted by Crippen LogP contribution is 2.40. The third kappa shape index (κ3) is 2.63. The average Bonchev–Trinajstić information content (AvgIpc) is 2.95. The lowest BCUT2D eigenvalue weighted by atomic mass is 10.1. The second kappa shape index (κ2) is 4.11. The summed E-state index contributed by atoms with van der Waals surface area (Å²) in [6.45, 7) is 2.00. The maximum Gasteiger partial charge on any atom is 0.143 e. The molecule has 1 aromatic rings. The van der Waals surface area contributed by atoms with Crippen LogP contribution in [0.25, 0.3) is 0 Å². The molecule has 2 atom stereocenters. The number of rotatable bonds is 4. The molecule has 0 radical (unpaired) electrons. The zero-order chi connectivity index (χ0) is 10.8. The Morgan fingerprint density at radius 3 is 2.73 bits per heavy atom. The van der Waals surface area contributed by atoms with E-state index in [-0.39, 0.29) is 11.6 Å². The molecule has 0 unspecified atom stereocenters. The monoisotopic (exact) mass is 207 g/mol. The topological polar surface area (TPSA) is 29.1 Å². The van der Waals surface area contributed by atoms with E-state index in [4.69, 9.17) is 0 Å². The van der Waals surface area contributed by atoms with Crippen LogP contribution >= 0.6 is 0 Å². The Labute approximate surface area is 88.5 Å². The molecule has 1 aliphatic rings. The van der Waals surface area contributed by atoms with Gasteiger partial charge < -0.3 is 5.32 Å². The zero-order valence-electron chi connectivity index (χ0n) is 8.66. The number of hydrogen-bond donors (Lipinski definition) is 1. The van der Waals surface area contributed by atoms with Crippen LogP contribution in [-0.2, 0) is 4.79 Å².